The Labute approximate surface area is 118 Å². The topological polar surface area (TPSA) is 23.6 Å². The number of hydrogen-bond donors (Lipinski definition) is 0. The van der Waals surface area contributed by atoms with Crippen LogP contribution in [0.15, 0.2) is 48.5 Å². The Bertz CT molecular complexity index is 724. The van der Waals surface area contributed by atoms with Crippen molar-refractivity contribution in [3.63, 3.8) is 0 Å². The fourth-order valence-corrected chi connectivity index (χ4v) is 3.70. The summed E-state index contributed by atoms with van der Waals surface area (Å²) in [5.41, 5.74) is 3.98. The maximum atomic E-state index is 12.9. The quantitative estimate of drug-likeness (QED) is 0.730. The minimum Gasteiger partial charge on any atom is -0.356 e. The Morgan fingerprint density at radius 3 is 2.35 bits per heavy atom. The Morgan fingerprint density at radius 1 is 0.950 bits per heavy atom. The number of carbonyl (C=O) groups is 1. The van der Waals surface area contributed by atoms with Crippen LogP contribution in [0.2, 0.25) is 0 Å². The molecular formula is C17H16N2O. The van der Waals surface area contributed by atoms with Gasteiger partial charge in [0.05, 0.1) is 0 Å². The van der Waals surface area contributed by atoms with Gasteiger partial charge in [0.15, 0.2) is 5.54 Å². The number of benzene rings is 2. The minimum absolute atomic E-state index is 0.164. The van der Waals surface area contributed by atoms with E-state index in [-0.39, 0.29) is 5.91 Å². The summed E-state index contributed by atoms with van der Waals surface area (Å²) in [4.78, 5) is 16.9. The van der Waals surface area contributed by atoms with Crippen LogP contribution in [0.4, 0.5) is 11.4 Å². The summed E-state index contributed by atoms with van der Waals surface area (Å²) in [5, 5.41) is 0. The van der Waals surface area contributed by atoms with Gasteiger partial charge in [-0.2, -0.15) is 0 Å². The van der Waals surface area contributed by atoms with Gasteiger partial charge >= 0.3 is 0 Å². The molecule has 20 heavy (non-hydrogen) atoms. The van der Waals surface area contributed by atoms with Gasteiger partial charge in [0, 0.05) is 37.5 Å². The fourth-order valence-electron chi connectivity index (χ4n) is 3.70. The predicted octanol–water partition coefficient (Wildman–Crippen LogP) is 2.55. The van der Waals surface area contributed by atoms with Crippen LogP contribution in [-0.4, -0.2) is 20.0 Å². The highest BCUT2D eigenvalue weighted by Gasteiger charge is 2.56. The number of amides is 1. The van der Waals surface area contributed by atoms with E-state index in [2.05, 4.69) is 23.1 Å². The Kier molecular flexibility index (Phi) is 2.09. The van der Waals surface area contributed by atoms with Gasteiger partial charge in [0.2, 0.25) is 0 Å². The first kappa shape index (κ1) is 11.5. The molecule has 0 fully saturated rings. The zero-order valence-corrected chi connectivity index (χ0v) is 11.6. The molecule has 0 saturated heterocycles. The summed E-state index contributed by atoms with van der Waals surface area (Å²) in [6, 6.07) is 16.4. The van der Waals surface area contributed by atoms with E-state index >= 15 is 0 Å². The van der Waals surface area contributed by atoms with Gasteiger partial charge in [-0.1, -0.05) is 36.4 Å². The van der Waals surface area contributed by atoms with Crippen LogP contribution in [0.3, 0.4) is 0 Å². The van der Waals surface area contributed by atoms with Crippen LogP contribution in [0, 0.1) is 0 Å². The van der Waals surface area contributed by atoms with E-state index < -0.39 is 5.54 Å². The van der Waals surface area contributed by atoms with Crippen molar-refractivity contribution in [1.29, 1.82) is 0 Å². The first-order valence-electron chi connectivity index (χ1n) is 6.85. The van der Waals surface area contributed by atoms with Gasteiger partial charge in [-0.3, -0.25) is 4.79 Å². The Balaban J connectivity index is 1.98. The van der Waals surface area contributed by atoms with Gasteiger partial charge in [0.25, 0.3) is 5.91 Å². The normalized spacial score (nSPS) is 23.4. The number of fused-ring (bicyclic) bond motifs is 3. The van der Waals surface area contributed by atoms with Crippen molar-refractivity contribution in [2.75, 3.05) is 23.9 Å². The number of nitrogens with zero attached hydrogens (tertiary/aromatic N) is 2. The third-order valence-corrected chi connectivity index (χ3v) is 4.74. The summed E-state index contributed by atoms with van der Waals surface area (Å²) in [6.07, 6.45) is 0.750. The number of carbonyl (C=O) groups excluding carboxylic acids is 1. The molecule has 1 spiro atoms. The third-order valence-electron chi connectivity index (χ3n) is 4.74. The van der Waals surface area contributed by atoms with Crippen LogP contribution >= 0.6 is 0 Å². The van der Waals surface area contributed by atoms with Crippen molar-refractivity contribution in [3.8, 4) is 0 Å². The molecule has 2 aliphatic rings. The number of likely N-dealkylation sites (N-methyl/N-ethyl adjacent to an activating group) is 2. The highest BCUT2D eigenvalue weighted by Crippen LogP contribution is 2.51. The van der Waals surface area contributed by atoms with Crippen LogP contribution in [0.5, 0.6) is 0 Å². The maximum absolute atomic E-state index is 12.9. The van der Waals surface area contributed by atoms with Crippen molar-refractivity contribution >= 4 is 17.3 Å². The summed E-state index contributed by atoms with van der Waals surface area (Å²) >= 11 is 0. The van der Waals surface area contributed by atoms with E-state index in [1.807, 2.05) is 44.4 Å². The van der Waals surface area contributed by atoms with Crippen LogP contribution < -0.4 is 9.80 Å². The zero-order chi connectivity index (χ0) is 13.9. The van der Waals surface area contributed by atoms with E-state index in [1.54, 1.807) is 4.90 Å². The van der Waals surface area contributed by atoms with Crippen LogP contribution in [0.25, 0.3) is 0 Å². The third kappa shape index (κ3) is 1.14. The van der Waals surface area contributed by atoms with Crippen molar-refractivity contribution in [1.82, 2.24) is 0 Å². The van der Waals surface area contributed by atoms with Crippen LogP contribution in [0.1, 0.15) is 11.1 Å². The molecule has 0 aromatic heterocycles. The van der Waals surface area contributed by atoms with E-state index in [1.165, 1.54) is 5.56 Å². The lowest BCUT2D eigenvalue weighted by molar-refractivity contribution is -0.122. The Morgan fingerprint density at radius 2 is 1.60 bits per heavy atom. The summed E-state index contributed by atoms with van der Waals surface area (Å²) < 4.78 is 0. The number of hydrogen-bond acceptors (Lipinski definition) is 2. The smallest absolute Gasteiger partial charge is 0.257 e. The summed E-state index contributed by atoms with van der Waals surface area (Å²) in [7, 11) is 3.90. The molecule has 0 bridgehead atoms. The fraction of sp³-hybridized carbons (Fsp3) is 0.235. The molecule has 1 amide bonds. The molecule has 3 heteroatoms. The van der Waals surface area contributed by atoms with Crippen molar-refractivity contribution in [2.24, 2.45) is 0 Å². The predicted molar refractivity (Wildman–Crippen MR) is 80.1 cm³/mol. The SMILES string of the molecule is CN1C(=O)[C@]2(Cc3ccccc3N2C)c2ccccc21. The van der Waals surface area contributed by atoms with Gasteiger partial charge in [-0.15, -0.1) is 0 Å². The lowest BCUT2D eigenvalue weighted by Crippen LogP contribution is -2.49. The average Bonchev–Trinajstić information content (AvgIpc) is 2.90. The molecular weight excluding hydrogens is 248 g/mol. The van der Waals surface area contributed by atoms with Gasteiger partial charge in [0.1, 0.15) is 0 Å². The van der Waals surface area contributed by atoms with Gasteiger partial charge in [-0.05, 0) is 17.7 Å². The van der Waals surface area contributed by atoms with Crippen molar-refractivity contribution in [2.45, 2.75) is 12.0 Å². The summed E-state index contributed by atoms with van der Waals surface area (Å²) in [6.45, 7) is 0. The lowest BCUT2D eigenvalue weighted by Gasteiger charge is -2.32. The van der Waals surface area contributed by atoms with Gasteiger partial charge < -0.3 is 9.80 Å². The number of para-hydroxylation sites is 2. The molecule has 0 saturated carbocycles. The zero-order valence-electron chi connectivity index (χ0n) is 11.6. The molecule has 100 valence electrons. The average molecular weight is 264 g/mol. The first-order valence-corrected chi connectivity index (χ1v) is 6.85. The highest BCUT2D eigenvalue weighted by molar-refractivity contribution is 6.10. The van der Waals surface area contributed by atoms with Crippen LogP contribution in [-0.2, 0) is 16.8 Å². The molecule has 2 aliphatic heterocycles. The molecule has 2 aromatic rings. The molecule has 1 atom stereocenters. The first-order chi connectivity index (χ1) is 9.66. The molecule has 3 nitrogen and oxygen atoms in total. The monoisotopic (exact) mass is 264 g/mol. The molecule has 2 aromatic carbocycles. The largest absolute Gasteiger partial charge is 0.356 e. The molecule has 0 N–H and O–H groups in total. The van der Waals surface area contributed by atoms with E-state index in [0.29, 0.717) is 0 Å². The second-order valence-corrected chi connectivity index (χ2v) is 5.61. The molecule has 2 heterocycles. The Hall–Kier alpha value is -2.29. The number of rotatable bonds is 0. The van der Waals surface area contributed by atoms with E-state index in [0.717, 1.165) is 23.4 Å². The second kappa shape index (κ2) is 3.63. The van der Waals surface area contributed by atoms with E-state index in [9.17, 15) is 4.79 Å². The molecule has 0 radical (unpaired) electrons. The minimum atomic E-state index is -0.560. The standard InChI is InChI=1S/C17H16N2O/c1-18-15-10-6-4-8-13(15)17(16(18)20)11-12-7-3-5-9-14(12)19(17)2/h3-10H,11H2,1-2H3/t17-/m0/s1. The maximum Gasteiger partial charge on any atom is 0.257 e. The second-order valence-electron chi connectivity index (χ2n) is 5.61. The van der Waals surface area contributed by atoms with E-state index in [4.69, 9.17) is 0 Å². The molecule has 0 aliphatic carbocycles. The lowest BCUT2D eigenvalue weighted by atomic mass is 9.87. The van der Waals surface area contributed by atoms with Gasteiger partial charge in [-0.25, -0.2) is 0 Å². The molecule has 0 unspecified atom stereocenters. The molecule has 4 rings (SSSR count). The van der Waals surface area contributed by atoms with Crippen molar-refractivity contribution in [3.05, 3.63) is 59.7 Å². The number of anilines is 2. The highest BCUT2D eigenvalue weighted by atomic mass is 16.2. The van der Waals surface area contributed by atoms with Crippen molar-refractivity contribution < 1.29 is 4.79 Å². The summed E-state index contributed by atoms with van der Waals surface area (Å²) in [5.74, 6) is 0.164.